The standard InChI is InChI=1S/C16H22N2O/c1-15(2,3)13-11-9-7-8-10(19-9)12(11)14(18-17-13)16(4,5)6/h7-10H,1-6H3. The van der Waals surface area contributed by atoms with E-state index >= 15 is 0 Å². The third-order valence-corrected chi connectivity index (χ3v) is 3.79. The largest absolute Gasteiger partial charge is 0.357 e. The van der Waals surface area contributed by atoms with Gasteiger partial charge in [-0.2, -0.15) is 10.2 Å². The summed E-state index contributed by atoms with van der Waals surface area (Å²) in [4.78, 5) is 0. The molecule has 2 atom stereocenters. The highest BCUT2D eigenvalue weighted by Gasteiger charge is 2.42. The van der Waals surface area contributed by atoms with Crippen LogP contribution < -0.4 is 0 Å². The van der Waals surface area contributed by atoms with Crippen LogP contribution >= 0.6 is 0 Å². The molecule has 0 spiro atoms. The van der Waals surface area contributed by atoms with E-state index in [9.17, 15) is 0 Å². The molecule has 3 heteroatoms. The summed E-state index contributed by atoms with van der Waals surface area (Å²) < 4.78 is 6.02. The highest BCUT2D eigenvalue weighted by molar-refractivity contribution is 5.50. The topological polar surface area (TPSA) is 35.0 Å². The van der Waals surface area contributed by atoms with E-state index in [0.29, 0.717) is 0 Å². The number of hydrogen-bond donors (Lipinski definition) is 0. The van der Waals surface area contributed by atoms with Crippen molar-refractivity contribution in [3.05, 3.63) is 34.7 Å². The van der Waals surface area contributed by atoms with E-state index in [2.05, 4.69) is 63.9 Å². The fraction of sp³-hybridized carbons (Fsp3) is 0.625. The molecule has 3 heterocycles. The van der Waals surface area contributed by atoms with E-state index in [0.717, 1.165) is 11.4 Å². The van der Waals surface area contributed by atoms with Gasteiger partial charge in [0.05, 0.1) is 11.4 Å². The van der Waals surface area contributed by atoms with Crippen molar-refractivity contribution in [1.29, 1.82) is 0 Å². The van der Waals surface area contributed by atoms with Gasteiger partial charge in [-0.15, -0.1) is 0 Å². The zero-order chi connectivity index (χ0) is 14.0. The first-order chi connectivity index (χ1) is 8.69. The first kappa shape index (κ1) is 12.8. The Morgan fingerprint density at radius 1 is 0.789 bits per heavy atom. The van der Waals surface area contributed by atoms with Crippen LogP contribution in [0.1, 0.15) is 76.3 Å². The summed E-state index contributed by atoms with van der Waals surface area (Å²) in [6.07, 6.45) is 4.45. The van der Waals surface area contributed by atoms with Crippen LogP contribution in [0.2, 0.25) is 0 Å². The quantitative estimate of drug-likeness (QED) is 0.665. The molecule has 102 valence electrons. The highest BCUT2D eigenvalue weighted by Crippen LogP contribution is 2.51. The maximum absolute atomic E-state index is 6.02. The molecule has 19 heavy (non-hydrogen) atoms. The number of nitrogens with zero attached hydrogens (tertiary/aromatic N) is 2. The van der Waals surface area contributed by atoms with Crippen LogP contribution in [0.15, 0.2) is 12.2 Å². The van der Waals surface area contributed by atoms with Crippen molar-refractivity contribution in [3.8, 4) is 0 Å². The maximum atomic E-state index is 6.02. The van der Waals surface area contributed by atoms with Crippen molar-refractivity contribution in [3.63, 3.8) is 0 Å². The molecule has 1 aromatic rings. The van der Waals surface area contributed by atoms with Crippen LogP contribution in [0.4, 0.5) is 0 Å². The van der Waals surface area contributed by atoms with Gasteiger partial charge in [-0.3, -0.25) is 0 Å². The average Bonchev–Trinajstić information content (AvgIpc) is 2.85. The van der Waals surface area contributed by atoms with Gasteiger partial charge in [-0.1, -0.05) is 53.7 Å². The van der Waals surface area contributed by atoms with E-state index in [1.165, 1.54) is 11.1 Å². The molecule has 0 radical (unpaired) electrons. The predicted octanol–water partition coefficient (Wildman–Crippen LogP) is 3.75. The van der Waals surface area contributed by atoms with E-state index < -0.39 is 0 Å². The summed E-state index contributed by atoms with van der Waals surface area (Å²) in [6.45, 7) is 13.1. The van der Waals surface area contributed by atoms with E-state index in [1.54, 1.807) is 0 Å². The molecule has 0 aliphatic carbocycles. The minimum atomic E-state index is -0.00478. The molecule has 3 rings (SSSR count). The molecule has 3 nitrogen and oxygen atoms in total. The molecule has 0 amide bonds. The van der Waals surface area contributed by atoms with Gasteiger partial charge in [0.2, 0.25) is 0 Å². The lowest BCUT2D eigenvalue weighted by molar-refractivity contribution is 0.0866. The summed E-state index contributed by atoms with van der Waals surface area (Å²) in [5.74, 6) is 0. The highest BCUT2D eigenvalue weighted by atomic mass is 16.5. The second-order valence-electron chi connectivity index (χ2n) is 7.59. The fourth-order valence-electron chi connectivity index (χ4n) is 2.93. The van der Waals surface area contributed by atoms with Gasteiger partial charge >= 0.3 is 0 Å². The Hall–Kier alpha value is -1.22. The van der Waals surface area contributed by atoms with Gasteiger partial charge in [0.25, 0.3) is 0 Å². The Morgan fingerprint density at radius 2 is 1.16 bits per heavy atom. The molecule has 2 aliphatic rings. The molecule has 2 aliphatic heterocycles. The van der Waals surface area contributed by atoms with Gasteiger partial charge in [0.1, 0.15) is 12.2 Å². The first-order valence-electron chi connectivity index (χ1n) is 6.95. The molecule has 0 saturated heterocycles. The molecule has 0 saturated carbocycles. The number of hydrogen-bond acceptors (Lipinski definition) is 3. The number of aromatic nitrogens is 2. The lowest BCUT2D eigenvalue weighted by atomic mass is 9.79. The predicted molar refractivity (Wildman–Crippen MR) is 75.1 cm³/mol. The molecular weight excluding hydrogens is 236 g/mol. The van der Waals surface area contributed by atoms with Gasteiger partial charge in [-0.25, -0.2) is 0 Å². The summed E-state index contributed by atoms with van der Waals surface area (Å²) in [5, 5.41) is 9.09. The zero-order valence-corrected chi connectivity index (χ0v) is 12.6. The van der Waals surface area contributed by atoms with Crippen LogP contribution in [0.5, 0.6) is 0 Å². The van der Waals surface area contributed by atoms with Crippen LogP contribution in [-0.2, 0) is 15.6 Å². The Labute approximate surface area is 115 Å². The third-order valence-electron chi connectivity index (χ3n) is 3.79. The van der Waals surface area contributed by atoms with Crippen molar-refractivity contribution < 1.29 is 4.74 Å². The molecule has 1 aromatic heterocycles. The zero-order valence-electron chi connectivity index (χ0n) is 12.6. The van der Waals surface area contributed by atoms with Crippen LogP contribution in [0, 0.1) is 0 Å². The van der Waals surface area contributed by atoms with Gasteiger partial charge in [0, 0.05) is 22.0 Å². The first-order valence-corrected chi connectivity index (χ1v) is 6.95. The third kappa shape index (κ3) is 1.83. The maximum Gasteiger partial charge on any atom is 0.104 e. The second kappa shape index (κ2) is 3.66. The van der Waals surface area contributed by atoms with Crippen LogP contribution in [-0.4, -0.2) is 10.2 Å². The Morgan fingerprint density at radius 3 is 1.47 bits per heavy atom. The SMILES string of the molecule is CC(C)(C)c1nnc(C(C)(C)C)c2c1C1C=CC2O1. The number of fused-ring (bicyclic) bond motifs is 5. The lowest BCUT2D eigenvalue weighted by Crippen LogP contribution is -2.25. The molecule has 0 fully saturated rings. The number of rotatable bonds is 0. The van der Waals surface area contributed by atoms with Gasteiger partial charge < -0.3 is 4.74 Å². The van der Waals surface area contributed by atoms with Crippen molar-refractivity contribution in [2.75, 3.05) is 0 Å². The van der Waals surface area contributed by atoms with Crippen LogP contribution in [0.3, 0.4) is 0 Å². The Balaban J connectivity index is 2.28. The van der Waals surface area contributed by atoms with Crippen molar-refractivity contribution in [2.24, 2.45) is 0 Å². The molecule has 0 aromatic carbocycles. The van der Waals surface area contributed by atoms with Gasteiger partial charge in [-0.05, 0) is 0 Å². The second-order valence-corrected chi connectivity index (χ2v) is 7.59. The normalized spacial score (nSPS) is 24.9. The molecule has 2 unspecified atom stereocenters. The van der Waals surface area contributed by atoms with E-state index in [-0.39, 0.29) is 23.0 Å². The fourth-order valence-corrected chi connectivity index (χ4v) is 2.93. The molecule has 0 N–H and O–H groups in total. The lowest BCUT2D eigenvalue weighted by Gasteiger charge is -2.27. The summed E-state index contributed by atoms with van der Waals surface area (Å²) in [6, 6.07) is 0. The van der Waals surface area contributed by atoms with Crippen molar-refractivity contribution in [2.45, 2.75) is 64.6 Å². The minimum Gasteiger partial charge on any atom is -0.357 e. The summed E-state index contributed by atoms with van der Waals surface area (Å²) >= 11 is 0. The van der Waals surface area contributed by atoms with E-state index in [4.69, 9.17) is 4.74 Å². The average molecular weight is 258 g/mol. The minimum absolute atomic E-state index is 0.00478. The van der Waals surface area contributed by atoms with Gasteiger partial charge in [0.15, 0.2) is 0 Å². The summed E-state index contributed by atoms with van der Waals surface area (Å²) in [7, 11) is 0. The van der Waals surface area contributed by atoms with Crippen molar-refractivity contribution in [1.82, 2.24) is 10.2 Å². The Kier molecular flexibility index (Phi) is 2.47. The molecular formula is C16H22N2O. The van der Waals surface area contributed by atoms with Crippen molar-refractivity contribution >= 4 is 0 Å². The van der Waals surface area contributed by atoms with Crippen LogP contribution in [0.25, 0.3) is 0 Å². The molecule has 2 bridgehead atoms. The van der Waals surface area contributed by atoms with E-state index in [1.807, 2.05) is 0 Å². The summed E-state index contributed by atoms with van der Waals surface area (Å²) in [5.41, 5.74) is 4.67. The Bertz CT molecular complexity index is 512. The smallest absolute Gasteiger partial charge is 0.104 e. The number of ether oxygens (including phenoxy) is 1. The monoisotopic (exact) mass is 258 g/mol.